The van der Waals surface area contributed by atoms with E-state index >= 15 is 0 Å². The summed E-state index contributed by atoms with van der Waals surface area (Å²) in [5, 5.41) is 14.1. The van der Waals surface area contributed by atoms with Gasteiger partial charge < -0.3 is 5.11 Å². The second kappa shape index (κ2) is 4.40. The van der Waals surface area contributed by atoms with Gasteiger partial charge in [-0.05, 0) is 13.8 Å². The van der Waals surface area contributed by atoms with E-state index in [1.54, 1.807) is 23.3 Å². The lowest BCUT2D eigenvalue weighted by Crippen LogP contribution is -2.02. The van der Waals surface area contributed by atoms with Gasteiger partial charge in [-0.1, -0.05) is 0 Å². The van der Waals surface area contributed by atoms with Crippen LogP contribution in [0.2, 0.25) is 0 Å². The largest absolute Gasteiger partial charge is 0.382 e. The Morgan fingerprint density at radius 1 is 1.31 bits per heavy atom. The van der Waals surface area contributed by atoms with E-state index in [0.29, 0.717) is 5.69 Å². The molecule has 0 aliphatic heterocycles. The molecule has 2 aromatic heterocycles. The Kier molecular flexibility index (Phi) is 2.96. The molecule has 0 spiro atoms. The van der Waals surface area contributed by atoms with Gasteiger partial charge in [-0.2, -0.15) is 5.10 Å². The van der Waals surface area contributed by atoms with Crippen LogP contribution in [-0.4, -0.2) is 24.9 Å². The third-order valence-corrected chi connectivity index (χ3v) is 2.37. The third kappa shape index (κ3) is 2.09. The second-order valence-electron chi connectivity index (χ2n) is 3.61. The highest BCUT2D eigenvalue weighted by atomic mass is 16.3. The number of aliphatic hydroxyl groups is 1. The van der Waals surface area contributed by atoms with Gasteiger partial charge in [0.25, 0.3) is 0 Å². The number of aliphatic hydroxyl groups excluding tert-OH is 1. The van der Waals surface area contributed by atoms with E-state index < -0.39 is 6.10 Å². The van der Waals surface area contributed by atoms with E-state index in [0.717, 1.165) is 17.8 Å². The van der Waals surface area contributed by atoms with Crippen LogP contribution in [-0.2, 0) is 6.54 Å². The molecular formula is C11H14N4O. The highest BCUT2D eigenvalue weighted by Gasteiger charge is 2.13. The van der Waals surface area contributed by atoms with Crippen LogP contribution in [0.5, 0.6) is 0 Å². The zero-order valence-electron chi connectivity index (χ0n) is 9.33. The standard InChI is InChI=1S/C11H14N4O/c1-3-15-7-9(5-14-15)11(16)10-6-12-8(2)4-13-10/h4-7,11,16H,3H2,1-2H3. The Morgan fingerprint density at radius 2 is 2.12 bits per heavy atom. The average molecular weight is 218 g/mol. The lowest BCUT2D eigenvalue weighted by atomic mass is 10.1. The van der Waals surface area contributed by atoms with E-state index in [1.807, 2.05) is 20.0 Å². The van der Waals surface area contributed by atoms with Crippen LogP contribution in [0.25, 0.3) is 0 Å². The van der Waals surface area contributed by atoms with Crippen molar-refractivity contribution < 1.29 is 5.11 Å². The molecule has 2 rings (SSSR count). The minimum atomic E-state index is -0.756. The fourth-order valence-corrected chi connectivity index (χ4v) is 1.41. The maximum absolute atomic E-state index is 10.0. The summed E-state index contributed by atoms with van der Waals surface area (Å²) in [7, 11) is 0. The van der Waals surface area contributed by atoms with Crippen LogP contribution < -0.4 is 0 Å². The molecule has 2 aromatic rings. The highest BCUT2D eigenvalue weighted by molar-refractivity contribution is 5.19. The Bertz CT molecular complexity index is 463. The molecule has 1 unspecified atom stereocenters. The maximum Gasteiger partial charge on any atom is 0.126 e. The molecule has 0 aromatic carbocycles. The summed E-state index contributed by atoms with van der Waals surface area (Å²) in [5.41, 5.74) is 2.11. The Balaban J connectivity index is 2.24. The molecule has 0 aliphatic carbocycles. The van der Waals surface area contributed by atoms with Gasteiger partial charge in [0, 0.05) is 24.5 Å². The fourth-order valence-electron chi connectivity index (χ4n) is 1.41. The van der Waals surface area contributed by atoms with Crippen LogP contribution in [0.3, 0.4) is 0 Å². The van der Waals surface area contributed by atoms with Crippen molar-refractivity contribution in [2.45, 2.75) is 26.5 Å². The summed E-state index contributed by atoms with van der Waals surface area (Å²) >= 11 is 0. The van der Waals surface area contributed by atoms with Crippen LogP contribution in [0.15, 0.2) is 24.8 Å². The molecule has 2 heterocycles. The van der Waals surface area contributed by atoms with E-state index in [-0.39, 0.29) is 0 Å². The lowest BCUT2D eigenvalue weighted by Gasteiger charge is -2.06. The summed E-state index contributed by atoms with van der Waals surface area (Å²) in [6.45, 7) is 4.64. The van der Waals surface area contributed by atoms with Crippen molar-refractivity contribution in [3.63, 3.8) is 0 Å². The smallest absolute Gasteiger partial charge is 0.126 e. The molecule has 0 bridgehead atoms. The highest BCUT2D eigenvalue weighted by Crippen LogP contribution is 2.18. The fraction of sp³-hybridized carbons (Fsp3) is 0.364. The van der Waals surface area contributed by atoms with Crippen molar-refractivity contribution in [1.29, 1.82) is 0 Å². The van der Waals surface area contributed by atoms with Gasteiger partial charge in [-0.3, -0.25) is 14.6 Å². The van der Waals surface area contributed by atoms with Crippen molar-refractivity contribution >= 4 is 0 Å². The zero-order chi connectivity index (χ0) is 11.5. The van der Waals surface area contributed by atoms with Gasteiger partial charge in [-0.25, -0.2) is 0 Å². The van der Waals surface area contributed by atoms with Gasteiger partial charge in [0.05, 0.1) is 23.8 Å². The first-order valence-corrected chi connectivity index (χ1v) is 5.19. The molecule has 16 heavy (non-hydrogen) atoms. The molecule has 0 saturated heterocycles. The van der Waals surface area contributed by atoms with Gasteiger partial charge in [0.1, 0.15) is 6.10 Å². The summed E-state index contributed by atoms with van der Waals surface area (Å²) in [4.78, 5) is 8.24. The SMILES string of the molecule is CCn1cc(C(O)c2cnc(C)cn2)cn1. The normalized spacial score (nSPS) is 12.7. The molecule has 0 fully saturated rings. The van der Waals surface area contributed by atoms with Gasteiger partial charge in [0.15, 0.2) is 0 Å². The van der Waals surface area contributed by atoms with Crippen LogP contribution in [0.4, 0.5) is 0 Å². The number of rotatable bonds is 3. The van der Waals surface area contributed by atoms with Gasteiger partial charge in [-0.15, -0.1) is 0 Å². The summed E-state index contributed by atoms with van der Waals surface area (Å²) in [5.74, 6) is 0. The predicted octanol–water partition coefficient (Wildman–Crippen LogP) is 1.08. The van der Waals surface area contributed by atoms with Crippen molar-refractivity contribution in [3.05, 3.63) is 41.7 Å². The molecule has 0 aliphatic rings. The average Bonchev–Trinajstić information content (AvgIpc) is 2.77. The Morgan fingerprint density at radius 3 is 2.69 bits per heavy atom. The lowest BCUT2D eigenvalue weighted by molar-refractivity contribution is 0.214. The molecule has 0 radical (unpaired) electrons. The molecular weight excluding hydrogens is 204 g/mol. The summed E-state index contributed by atoms with van der Waals surface area (Å²) < 4.78 is 1.76. The number of hydrogen-bond donors (Lipinski definition) is 1. The van der Waals surface area contributed by atoms with Crippen molar-refractivity contribution in [2.24, 2.45) is 0 Å². The van der Waals surface area contributed by atoms with E-state index in [2.05, 4.69) is 15.1 Å². The maximum atomic E-state index is 10.0. The first kappa shape index (κ1) is 10.8. The molecule has 1 N–H and O–H groups in total. The first-order valence-electron chi connectivity index (χ1n) is 5.19. The predicted molar refractivity (Wildman–Crippen MR) is 58.7 cm³/mol. The first-order chi connectivity index (χ1) is 7.70. The quantitative estimate of drug-likeness (QED) is 0.837. The van der Waals surface area contributed by atoms with Crippen molar-refractivity contribution in [3.8, 4) is 0 Å². The number of hydrogen-bond acceptors (Lipinski definition) is 4. The van der Waals surface area contributed by atoms with Crippen LogP contribution in [0.1, 0.15) is 30.0 Å². The Labute approximate surface area is 93.8 Å². The van der Waals surface area contributed by atoms with Gasteiger partial charge >= 0.3 is 0 Å². The zero-order valence-corrected chi connectivity index (χ0v) is 9.33. The molecule has 84 valence electrons. The Hall–Kier alpha value is -1.75. The van der Waals surface area contributed by atoms with E-state index in [9.17, 15) is 5.11 Å². The third-order valence-electron chi connectivity index (χ3n) is 2.37. The minimum Gasteiger partial charge on any atom is -0.382 e. The second-order valence-corrected chi connectivity index (χ2v) is 3.61. The van der Waals surface area contributed by atoms with Gasteiger partial charge in [0.2, 0.25) is 0 Å². The summed E-state index contributed by atoms with van der Waals surface area (Å²) in [6.07, 6.45) is 5.93. The molecule has 0 saturated carbocycles. The number of aryl methyl sites for hydroxylation is 2. The van der Waals surface area contributed by atoms with Crippen molar-refractivity contribution in [2.75, 3.05) is 0 Å². The number of aromatic nitrogens is 4. The minimum absolute atomic E-state index is 0.543. The van der Waals surface area contributed by atoms with Crippen molar-refractivity contribution in [1.82, 2.24) is 19.7 Å². The molecule has 5 heteroatoms. The molecule has 5 nitrogen and oxygen atoms in total. The topological polar surface area (TPSA) is 63.8 Å². The van der Waals surface area contributed by atoms with Crippen LogP contribution in [0, 0.1) is 6.92 Å². The van der Waals surface area contributed by atoms with E-state index in [1.165, 1.54) is 0 Å². The molecule has 0 amide bonds. The number of nitrogens with zero attached hydrogens (tertiary/aromatic N) is 4. The monoisotopic (exact) mass is 218 g/mol. The molecule has 1 atom stereocenters. The van der Waals surface area contributed by atoms with E-state index in [4.69, 9.17) is 0 Å². The van der Waals surface area contributed by atoms with Crippen LogP contribution >= 0.6 is 0 Å². The summed E-state index contributed by atoms with van der Waals surface area (Å²) in [6, 6.07) is 0.